The number of rotatable bonds is 5. The van der Waals surface area contributed by atoms with Gasteiger partial charge in [-0.2, -0.15) is 0 Å². The van der Waals surface area contributed by atoms with Crippen molar-refractivity contribution in [2.45, 2.75) is 57.6 Å². The number of β-amino-alcohol motifs (C(OH)–C–C–N with tert-alkyl or cyclic N) is 1. The van der Waals surface area contributed by atoms with E-state index in [2.05, 4.69) is 0 Å². The molecule has 4 nitrogen and oxygen atoms in total. The summed E-state index contributed by atoms with van der Waals surface area (Å²) in [5.74, 6) is -0.0155. The molecule has 0 spiro atoms. The zero-order chi connectivity index (χ0) is 12.4. The lowest BCUT2D eigenvalue weighted by Crippen LogP contribution is -2.68. The van der Waals surface area contributed by atoms with Crippen molar-refractivity contribution in [1.29, 1.82) is 0 Å². The van der Waals surface area contributed by atoms with Gasteiger partial charge in [0.1, 0.15) is 0 Å². The van der Waals surface area contributed by atoms with Crippen LogP contribution in [0.5, 0.6) is 0 Å². The molecule has 1 amide bonds. The van der Waals surface area contributed by atoms with Gasteiger partial charge >= 0.3 is 0 Å². The van der Waals surface area contributed by atoms with Crippen molar-refractivity contribution in [2.75, 3.05) is 13.1 Å². The molecule has 1 fully saturated rings. The van der Waals surface area contributed by atoms with Crippen LogP contribution in [0.3, 0.4) is 0 Å². The Morgan fingerprint density at radius 3 is 2.25 bits per heavy atom. The van der Waals surface area contributed by atoms with Crippen LogP contribution >= 0.6 is 0 Å². The van der Waals surface area contributed by atoms with Gasteiger partial charge in [-0.1, -0.05) is 27.2 Å². The van der Waals surface area contributed by atoms with Crippen molar-refractivity contribution in [3.63, 3.8) is 0 Å². The first-order chi connectivity index (χ1) is 7.40. The molecule has 0 aromatic heterocycles. The molecule has 94 valence electrons. The molecule has 1 rings (SSSR count). The summed E-state index contributed by atoms with van der Waals surface area (Å²) in [4.78, 5) is 13.8. The van der Waals surface area contributed by atoms with E-state index in [4.69, 9.17) is 5.73 Å². The molecule has 16 heavy (non-hydrogen) atoms. The summed E-state index contributed by atoms with van der Waals surface area (Å²) in [6, 6.07) is 0. The van der Waals surface area contributed by atoms with Crippen molar-refractivity contribution in [2.24, 2.45) is 5.73 Å². The van der Waals surface area contributed by atoms with Crippen molar-refractivity contribution in [3.05, 3.63) is 0 Å². The fourth-order valence-corrected chi connectivity index (χ4v) is 2.30. The fourth-order valence-electron chi connectivity index (χ4n) is 2.30. The first-order valence-electron chi connectivity index (χ1n) is 6.21. The van der Waals surface area contributed by atoms with Crippen molar-refractivity contribution in [3.8, 4) is 0 Å². The lowest BCUT2D eigenvalue weighted by molar-refractivity contribution is -0.162. The molecule has 1 heterocycles. The molecule has 0 aromatic rings. The minimum Gasteiger partial charge on any atom is -0.386 e. The molecule has 0 aliphatic carbocycles. The largest absolute Gasteiger partial charge is 0.386 e. The smallest absolute Gasteiger partial charge is 0.242 e. The summed E-state index contributed by atoms with van der Waals surface area (Å²) in [5, 5.41) is 10.0. The molecule has 1 aliphatic heterocycles. The Morgan fingerprint density at radius 2 is 1.88 bits per heavy atom. The van der Waals surface area contributed by atoms with E-state index in [1.807, 2.05) is 20.8 Å². The number of carbonyl (C=O) groups is 1. The van der Waals surface area contributed by atoms with Crippen LogP contribution in [0, 0.1) is 0 Å². The van der Waals surface area contributed by atoms with E-state index in [0.717, 1.165) is 12.8 Å². The second kappa shape index (κ2) is 4.72. The lowest BCUT2D eigenvalue weighted by Gasteiger charge is -2.49. The van der Waals surface area contributed by atoms with E-state index in [9.17, 15) is 9.90 Å². The Bertz CT molecular complexity index is 256. The summed E-state index contributed by atoms with van der Waals surface area (Å²) in [6.07, 6.45) is 2.98. The molecule has 0 atom stereocenters. The molecular weight excluding hydrogens is 204 g/mol. The van der Waals surface area contributed by atoms with E-state index in [0.29, 0.717) is 25.9 Å². The maximum atomic E-state index is 12.1. The second-order valence-corrected chi connectivity index (χ2v) is 5.00. The van der Waals surface area contributed by atoms with Gasteiger partial charge in [-0.3, -0.25) is 4.79 Å². The van der Waals surface area contributed by atoms with Crippen molar-refractivity contribution >= 4 is 5.91 Å². The Labute approximate surface area is 97.8 Å². The third-order valence-corrected chi connectivity index (χ3v) is 3.66. The number of nitrogens with two attached hydrogens (primary N) is 1. The summed E-state index contributed by atoms with van der Waals surface area (Å²) in [6.45, 7) is 6.78. The van der Waals surface area contributed by atoms with Crippen LogP contribution in [0.2, 0.25) is 0 Å². The van der Waals surface area contributed by atoms with E-state index in [-0.39, 0.29) is 5.91 Å². The zero-order valence-electron chi connectivity index (χ0n) is 10.6. The average Bonchev–Trinajstić information content (AvgIpc) is 2.24. The van der Waals surface area contributed by atoms with Crippen LogP contribution in [0.4, 0.5) is 0 Å². The molecule has 0 unspecified atom stereocenters. The predicted octanol–water partition coefficient (Wildman–Crippen LogP) is 0.877. The Balaban J connectivity index is 2.54. The third-order valence-electron chi connectivity index (χ3n) is 3.66. The normalized spacial score (nSPS) is 19.4. The fraction of sp³-hybridized carbons (Fsp3) is 0.917. The molecule has 1 saturated heterocycles. The quantitative estimate of drug-likeness (QED) is 0.734. The number of hydrogen-bond donors (Lipinski definition) is 2. The standard InChI is InChI=1S/C12H24N2O2/c1-4-7-11(16)8-14(9-11)10(15)12(13,5-2)6-3/h16H,4-9,13H2,1-3H3. The SMILES string of the molecule is CCCC1(O)CN(C(=O)C(N)(CC)CC)C1. The highest BCUT2D eigenvalue weighted by molar-refractivity contribution is 5.87. The molecule has 4 heteroatoms. The average molecular weight is 228 g/mol. The molecule has 0 bridgehead atoms. The maximum Gasteiger partial charge on any atom is 0.242 e. The molecule has 1 aliphatic rings. The lowest BCUT2D eigenvalue weighted by atomic mass is 9.85. The molecule has 0 aromatic carbocycles. The molecule has 3 N–H and O–H groups in total. The minimum atomic E-state index is -0.743. The topological polar surface area (TPSA) is 66.6 Å². The van der Waals surface area contributed by atoms with Gasteiger partial charge in [0.05, 0.1) is 24.2 Å². The van der Waals surface area contributed by atoms with Crippen LogP contribution in [0.1, 0.15) is 46.5 Å². The van der Waals surface area contributed by atoms with Gasteiger partial charge in [-0.25, -0.2) is 0 Å². The van der Waals surface area contributed by atoms with Gasteiger partial charge in [0, 0.05) is 0 Å². The molecular formula is C12H24N2O2. The first kappa shape index (κ1) is 13.5. The van der Waals surface area contributed by atoms with Gasteiger partial charge in [-0.15, -0.1) is 0 Å². The van der Waals surface area contributed by atoms with E-state index >= 15 is 0 Å². The molecule has 0 radical (unpaired) electrons. The number of hydrogen-bond acceptors (Lipinski definition) is 3. The number of nitrogens with zero attached hydrogens (tertiary/aromatic N) is 1. The third kappa shape index (κ3) is 2.38. The Morgan fingerprint density at radius 1 is 1.38 bits per heavy atom. The highest BCUT2D eigenvalue weighted by Crippen LogP contribution is 2.28. The highest BCUT2D eigenvalue weighted by Gasteiger charge is 2.46. The van der Waals surface area contributed by atoms with Gasteiger partial charge in [0.15, 0.2) is 0 Å². The van der Waals surface area contributed by atoms with Crippen LogP contribution in [0.15, 0.2) is 0 Å². The Hall–Kier alpha value is -0.610. The number of amides is 1. The van der Waals surface area contributed by atoms with Crippen LogP contribution < -0.4 is 5.73 Å². The summed E-state index contributed by atoms with van der Waals surface area (Å²) < 4.78 is 0. The Kier molecular flexibility index (Phi) is 3.97. The molecule has 0 saturated carbocycles. The minimum absolute atomic E-state index is 0.0155. The maximum absolute atomic E-state index is 12.1. The summed E-state index contributed by atoms with van der Waals surface area (Å²) >= 11 is 0. The predicted molar refractivity (Wildman–Crippen MR) is 63.9 cm³/mol. The van der Waals surface area contributed by atoms with E-state index < -0.39 is 11.1 Å². The van der Waals surface area contributed by atoms with E-state index in [1.165, 1.54) is 0 Å². The number of carbonyl (C=O) groups excluding carboxylic acids is 1. The van der Waals surface area contributed by atoms with Crippen LogP contribution in [-0.2, 0) is 4.79 Å². The summed E-state index contributed by atoms with van der Waals surface area (Å²) in [7, 11) is 0. The monoisotopic (exact) mass is 228 g/mol. The van der Waals surface area contributed by atoms with E-state index in [1.54, 1.807) is 4.90 Å². The van der Waals surface area contributed by atoms with Crippen molar-refractivity contribution < 1.29 is 9.90 Å². The highest BCUT2D eigenvalue weighted by atomic mass is 16.3. The van der Waals surface area contributed by atoms with Crippen LogP contribution in [-0.4, -0.2) is 40.1 Å². The van der Waals surface area contributed by atoms with Gasteiger partial charge in [-0.05, 0) is 19.3 Å². The first-order valence-corrected chi connectivity index (χ1v) is 6.21. The zero-order valence-corrected chi connectivity index (χ0v) is 10.6. The van der Waals surface area contributed by atoms with Gasteiger partial charge in [0.2, 0.25) is 5.91 Å². The number of likely N-dealkylation sites (tertiary alicyclic amines) is 1. The second-order valence-electron chi connectivity index (χ2n) is 5.00. The number of aliphatic hydroxyl groups is 1. The van der Waals surface area contributed by atoms with Gasteiger partial charge < -0.3 is 15.7 Å². The van der Waals surface area contributed by atoms with Crippen LogP contribution in [0.25, 0.3) is 0 Å². The van der Waals surface area contributed by atoms with Gasteiger partial charge in [0.25, 0.3) is 0 Å². The summed E-state index contributed by atoms with van der Waals surface area (Å²) in [5.41, 5.74) is 4.64. The van der Waals surface area contributed by atoms with Crippen molar-refractivity contribution in [1.82, 2.24) is 4.90 Å².